The molecule has 0 atom stereocenters. The second-order valence-corrected chi connectivity index (χ2v) is 4.13. The summed E-state index contributed by atoms with van der Waals surface area (Å²) in [5.41, 5.74) is 0.937. The Morgan fingerprint density at radius 1 is 1.29 bits per heavy atom. The van der Waals surface area contributed by atoms with E-state index in [1.165, 1.54) is 6.08 Å². The van der Waals surface area contributed by atoms with E-state index in [-0.39, 0.29) is 5.97 Å². The smallest absolute Gasteiger partial charge is 0.330 e. The third kappa shape index (κ3) is 5.20. The van der Waals surface area contributed by atoms with Crippen molar-refractivity contribution in [2.45, 2.75) is 13.8 Å². The second-order valence-electron chi connectivity index (χ2n) is 4.13. The maximum absolute atomic E-state index is 11.3. The molecule has 0 unspecified atom stereocenters. The van der Waals surface area contributed by atoms with E-state index in [2.05, 4.69) is 0 Å². The van der Waals surface area contributed by atoms with Crippen molar-refractivity contribution in [3.05, 3.63) is 35.9 Å². The zero-order valence-corrected chi connectivity index (χ0v) is 10.5. The minimum absolute atomic E-state index is 0.311. The van der Waals surface area contributed by atoms with E-state index < -0.39 is 0 Å². The molecule has 92 valence electrons. The number of carbonyl (C=O) groups is 1. The van der Waals surface area contributed by atoms with Gasteiger partial charge in [0, 0.05) is 6.08 Å². The third-order valence-electron chi connectivity index (χ3n) is 2.09. The minimum Gasteiger partial charge on any atom is -0.497 e. The van der Waals surface area contributed by atoms with Crippen LogP contribution >= 0.6 is 0 Å². The van der Waals surface area contributed by atoms with E-state index >= 15 is 0 Å². The van der Waals surface area contributed by atoms with Crippen LogP contribution in [0, 0.1) is 5.92 Å². The molecular weight excluding hydrogens is 216 g/mol. The largest absolute Gasteiger partial charge is 0.497 e. The molecule has 0 N–H and O–H groups in total. The Balaban J connectivity index is 2.49. The summed E-state index contributed by atoms with van der Waals surface area (Å²) in [6.45, 7) is 4.45. The number of benzene rings is 1. The molecule has 0 heterocycles. The van der Waals surface area contributed by atoms with Crippen molar-refractivity contribution in [3.63, 3.8) is 0 Å². The lowest BCUT2D eigenvalue weighted by molar-refractivity contribution is -0.138. The lowest BCUT2D eigenvalue weighted by Crippen LogP contribution is -2.06. The number of methoxy groups -OCH3 is 1. The topological polar surface area (TPSA) is 35.5 Å². The molecule has 1 aromatic carbocycles. The number of ether oxygens (including phenoxy) is 2. The molecule has 0 fully saturated rings. The van der Waals surface area contributed by atoms with Crippen molar-refractivity contribution in [2.24, 2.45) is 5.92 Å². The first-order chi connectivity index (χ1) is 8.11. The minimum atomic E-state index is -0.311. The van der Waals surface area contributed by atoms with Crippen molar-refractivity contribution in [2.75, 3.05) is 13.7 Å². The Morgan fingerprint density at radius 2 is 1.94 bits per heavy atom. The van der Waals surface area contributed by atoms with Crippen LogP contribution in [-0.4, -0.2) is 19.7 Å². The van der Waals surface area contributed by atoms with E-state index in [9.17, 15) is 4.79 Å². The number of hydrogen-bond acceptors (Lipinski definition) is 3. The molecule has 0 radical (unpaired) electrons. The van der Waals surface area contributed by atoms with Gasteiger partial charge in [0.25, 0.3) is 0 Å². The van der Waals surface area contributed by atoms with Gasteiger partial charge >= 0.3 is 5.97 Å². The Morgan fingerprint density at radius 3 is 2.47 bits per heavy atom. The molecule has 1 aromatic rings. The molecular formula is C14H18O3. The van der Waals surface area contributed by atoms with Gasteiger partial charge in [-0.05, 0) is 29.7 Å². The van der Waals surface area contributed by atoms with E-state index in [1.807, 2.05) is 38.1 Å². The van der Waals surface area contributed by atoms with Gasteiger partial charge in [0.2, 0.25) is 0 Å². The van der Waals surface area contributed by atoms with Crippen LogP contribution in [-0.2, 0) is 9.53 Å². The maximum atomic E-state index is 11.3. The number of rotatable bonds is 5. The summed E-state index contributed by atoms with van der Waals surface area (Å²) in [4.78, 5) is 11.3. The summed E-state index contributed by atoms with van der Waals surface area (Å²) in [6, 6.07) is 7.45. The zero-order chi connectivity index (χ0) is 12.7. The third-order valence-corrected chi connectivity index (χ3v) is 2.09. The molecule has 3 nitrogen and oxygen atoms in total. The SMILES string of the molecule is COc1ccc(/C=C/C(=O)OCC(C)C)cc1. The van der Waals surface area contributed by atoms with Gasteiger partial charge in [0.1, 0.15) is 5.75 Å². The molecule has 0 aliphatic rings. The van der Waals surface area contributed by atoms with Crippen molar-refractivity contribution < 1.29 is 14.3 Å². The average molecular weight is 234 g/mol. The summed E-state index contributed by atoms with van der Waals surface area (Å²) in [7, 11) is 1.62. The molecule has 1 rings (SSSR count). The van der Waals surface area contributed by atoms with Gasteiger partial charge in [-0.15, -0.1) is 0 Å². The van der Waals surface area contributed by atoms with Crippen LogP contribution in [0.2, 0.25) is 0 Å². The number of esters is 1. The van der Waals surface area contributed by atoms with Crippen LogP contribution in [0.3, 0.4) is 0 Å². The molecule has 0 saturated carbocycles. The Bertz CT molecular complexity index is 377. The fourth-order valence-electron chi connectivity index (χ4n) is 1.18. The Kier molecular flexibility index (Phi) is 5.27. The van der Waals surface area contributed by atoms with Crippen molar-refractivity contribution in [1.29, 1.82) is 0 Å². The molecule has 0 amide bonds. The molecule has 0 aliphatic heterocycles. The summed E-state index contributed by atoms with van der Waals surface area (Å²) in [6.07, 6.45) is 3.16. The second kappa shape index (κ2) is 6.74. The van der Waals surface area contributed by atoms with Gasteiger partial charge < -0.3 is 9.47 Å². The van der Waals surface area contributed by atoms with Crippen LogP contribution < -0.4 is 4.74 Å². The van der Waals surface area contributed by atoms with E-state index in [0.717, 1.165) is 11.3 Å². The Labute approximate surface area is 102 Å². The fraction of sp³-hybridized carbons (Fsp3) is 0.357. The molecule has 17 heavy (non-hydrogen) atoms. The highest BCUT2D eigenvalue weighted by Gasteiger charge is 1.99. The quantitative estimate of drug-likeness (QED) is 0.580. The van der Waals surface area contributed by atoms with E-state index in [0.29, 0.717) is 12.5 Å². The molecule has 0 bridgehead atoms. The normalized spacial score (nSPS) is 10.8. The standard InChI is InChI=1S/C14H18O3/c1-11(2)10-17-14(15)9-6-12-4-7-13(16-3)8-5-12/h4-9,11H,10H2,1-3H3/b9-6+. The average Bonchev–Trinajstić information content (AvgIpc) is 2.34. The van der Waals surface area contributed by atoms with Crippen LogP contribution in [0.15, 0.2) is 30.3 Å². The highest BCUT2D eigenvalue weighted by molar-refractivity contribution is 5.87. The van der Waals surface area contributed by atoms with Crippen molar-refractivity contribution >= 4 is 12.0 Å². The summed E-state index contributed by atoms with van der Waals surface area (Å²) < 4.78 is 10.1. The lowest BCUT2D eigenvalue weighted by Gasteiger charge is -2.04. The highest BCUT2D eigenvalue weighted by atomic mass is 16.5. The molecule has 0 spiro atoms. The van der Waals surface area contributed by atoms with Gasteiger partial charge in [-0.1, -0.05) is 26.0 Å². The first-order valence-electron chi connectivity index (χ1n) is 5.60. The number of hydrogen-bond donors (Lipinski definition) is 0. The fourth-order valence-corrected chi connectivity index (χ4v) is 1.18. The zero-order valence-electron chi connectivity index (χ0n) is 10.5. The van der Waals surface area contributed by atoms with Gasteiger partial charge in [-0.3, -0.25) is 0 Å². The number of carbonyl (C=O) groups excluding carboxylic acids is 1. The van der Waals surface area contributed by atoms with Gasteiger partial charge in [-0.2, -0.15) is 0 Å². The first-order valence-corrected chi connectivity index (χ1v) is 5.60. The Hall–Kier alpha value is -1.77. The molecule has 0 aliphatic carbocycles. The van der Waals surface area contributed by atoms with Gasteiger partial charge in [0.15, 0.2) is 0 Å². The van der Waals surface area contributed by atoms with E-state index in [1.54, 1.807) is 13.2 Å². The van der Waals surface area contributed by atoms with Crippen LogP contribution in [0.1, 0.15) is 19.4 Å². The molecule has 0 aromatic heterocycles. The maximum Gasteiger partial charge on any atom is 0.330 e. The summed E-state index contributed by atoms with van der Waals surface area (Å²) in [5.74, 6) is 0.840. The first kappa shape index (κ1) is 13.3. The summed E-state index contributed by atoms with van der Waals surface area (Å²) >= 11 is 0. The van der Waals surface area contributed by atoms with Crippen LogP contribution in [0.4, 0.5) is 0 Å². The predicted molar refractivity (Wildman–Crippen MR) is 67.8 cm³/mol. The van der Waals surface area contributed by atoms with Gasteiger partial charge in [0.05, 0.1) is 13.7 Å². The van der Waals surface area contributed by atoms with Crippen molar-refractivity contribution in [1.82, 2.24) is 0 Å². The lowest BCUT2D eigenvalue weighted by atomic mass is 10.2. The van der Waals surface area contributed by atoms with Crippen LogP contribution in [0.5, 0.6) is 5.75 Å². The van der Waals surface area contributed by atoms with E-state index in [4.69, 9.17) is 9.47 Å². The molecule has 0 saturated heterocycles. The van der Waals surface area contributed by atoms with Crippen molar-refractivity contribution in [3.8, 4) is 5.75 Å². The highest BCUT2D eigenvalue weighted by Crippen LogP contribution is 2.12. The van der Waals surface area contributed by atoms with Gasteiger partial charge in [-0.25, -0.2) is 4.79 Å². The summed E-state index contributed by atoms with van der Waals surface area (Å²) in [5, 5.41) is 0. The predicted octanol–water partition coefficient (Wildman–Crippen LogP) is 2.91. The molecule has 3 heteroatoms. The monoisotopic (exact) mass is 234 g/mol. The van der Waals surface area contributed by atoms with Crippen LogP contribution in [0.25, 0.3) is 6.08 Å².